The van der Waals surface area contributed by atoms with E-state index in [0.717, 1.165) is 39.6 Å². The van der Waals surface area contributed by atoms with E-state index in [2.05, 4.69) is 26.7 Å². The van der Waals surface area contributed by atoms with E-state index in [4.69, 9.17) is 24.1 Å². The zero-order chi connectivity index (χ0) is 78.2. The van der Waals surface area contributed by atoms with Crippen LogP contribution in [0, 0.1) is 0 Å². The molecule has 0 aromatic carbocycles. The summed E-state index contributed by atoms with van der Waals surface area (Å²) in [7, 11) is 4.60. The lowest BCUT2D eigenvalue weighted by atomic mass is 10.0. The Bertz CT molecular complexity index is 1660. The van der Waals surface area contributed by atoms with E-state index in [1.54, 1.807) is 21.1 Å². The second-order valence-corrected chi connectivity index (χ2v) is 31.5. The van der Waals surface area contributed by atoms with Crippen LogP contribution in [-0.4, -0.2) is 70.4 Å². The van der Waals surface area contributed by atoms with Gasteiger partial charge in [-0.1, -0.05) is 484 Å². The number of allylic oxidation sites excluding steroid dienone is 2. The molecule has 0 rings (SSSR count). The maximum absolute atomic E-state index is 11.5. The van der Waals surface area contributed by atoms with Gasteiger partial charge in [0.1, 0.15) is 0 Å². The molecule has 0 aliphatic heterocycles. The number of aliphatic hydroxyl groups excluding tert-OH is 1. The zero-order valence-electron chi connectivity index (χ0n) is 73.3. The van der Waals surface area contributed by atoms with Crippen LogP contribution in [0.25, 0.3) is 0 Å². The number of carbonyl (C=O) groups is 3. The van der Waals surface area contributed by atoms with E-state index in [0.29, 0.717) is 36.5 Å². The molecule has 0 amide bonds. The van der Waals surface area contributed by atoms with E-state index in [1.165, 1.54) is 463 Å². The lowest BCUT2D eigenvalue weighted by molar-refractivity contribution is -0.139. The monoisotopic (exact) mass is 1490 g/mol. The minimum Gasteiger partial charge on any atom is -0.491 e. The van der Waals surface area contributed by atoms with Crippen molar-refractivity contribution >= 4 is 17.5 Å². The van der Waals surface area contributed by atoms with Crippen LogP contribution in [0.3, 0.4) is 0 Å². The Morgan fingerprint density at radius 2 is 0.400 bits per heavy atom. The summed E-state index contributed by atoms with van der Waals surface area (Å²) in [6.07, 6.45) is 104. The number of carbonyl (C=O) groups excluding carboxylic acids is 3. The first-order valence-electron chi connectivity index (χ1n) is 46.8. The Hall–Kier alpha value is -2.29. The van der Waals surface area contributed by atoms with Crippen LogP contribution < -0.4 is 0 Å². The average molecular weight is 1490 g/mol. The van der Waals surface area contributed by atoms with Gasteiger partial charge >= 0.3 is 5.97 Å². The number of esters is 1. The Morgan fingerprint density at radius 1 is 0.238 bits per heavy atom. The maximum Gasteiger partial charge on any atom is 0.333 e. The number of methoxy groups -OCH3 is 2. The first-order chi connectivity index (χ1) is 51.5. The average Bonchev–Trinajstić information content (AvgIpc) is 2.43. The summed E-state index contributed by atoms with van der Waals surface area (Å²) < 4.78 is 20.6. The molecule has 0 unspecified atom stereocenters. The van der Waals surface area contributed by atoms with Crippen molar-refractivity contribution in [1.82, 2.24) is 0 Å². The first kappa shape index (κ1) is 111. The third-order valence-corrected chi connectivity index (χ3v) is 21.0. The SMILES string of the molecule is C=C(C)C(=O)CCCCCCCCCCCCCCCCCCCCCCCCC.C=C(C)C(=O)OCCCCCCCCCCCCCCCCCCCCCCCCCCCCCOC.C=C(OCCCCCCCCCCCCCCCCCCCCCCCCCCOC)C(C)=O.CC.CO. The van der Waals surface area contributed by atoms with Crippen LogP contribution in [0.2, 0.25) is 0 Å². The van der Waals surface area contributed by atoms with Crippen molar-refractivity contribution < 1.29 is 38.4 Å². The second kappa shape index (κ2) is 106. The molecule has 0 spiro atoms. The molecule has 0 radical (unpaired) electrons. The van der Waals surface area contributed by atoms with Gasteiger partial charge < -0.3 is 24.1 Å². The van der Waals surface area contributed by atoms with Crippen LogP contribution in [0.1, 0.15) is 523 Å². The number of ether oxygens (including phenoxy) is 4. The van der Waals surface area contributed by atoms with Crippen LogP contribution in [-0.2, 0) is 33.3 Å². The van der Waals surface area contributed by atoms with Crippen molar-refractivity contribution in [3.8, 4) is 0 Å². The Morgan fingerprint density at radius 3 is 0.562 bits per heavy atom. The van der Waals surface area contributed by atoms with E-state index >= 15 is 0 Å². The Kier molecular flexibility index (Phi) is 112. The molecule has 8 nitrogen and oxygen atoms in total. The number of ketones is 2. The van der Waals surface area contributed by atoms with Gasteiger partial charge in [0.25, 0.3) is 0 Å². The van der Waals surface area contributed by atoms with Gasteiger partial charge in [0.15, 0.2) is 17.3 Å². The van der Waals surface area contributed by atoms with E-state index in [1.807, 2.05) is 20.8 Å². The highest BCUT2D eigenvalue weighted by Gasteiger charge is 2.06. The molecule has 0 aliphatic carbocycles. The molecular weight excluding hydrogens is 1290 g/mol. The van der Waals surface area contributed by atoms with Gasteiger partial charge in [0.05, 0.1) is 13.2 Å². The molecule has 0 heterocycles. The highest BCUT2D eigenvalue weighted by atomic mass is 16.5. The molecule has 1 N–H and O–H groups in total. The molecule has 0 saturated heterocycles. The molecule has 105 heavy (non-hydrogen) atoms. The lowest BCUT2D eigenvalue weighted by Crippen LogP contribution is -2.05. The van der Waals surface area contributed by atoms with Crippen molar-refractivity contribution in [2.24, 2.45) is 0 Å². The third-order valence-electron chi connectivity index (χ3n) is 21.0. The predicted octanol–water partition coefficient (Wildman–Crippen LogP) is 32.5. The fourth-order valence-corrected chi connectivity index (χ4v) is 13.9. The normalized spacial score (nSPS) is 10.8. The van der Waals surface area contributed by atoms with Gasteiger partial charge in [0.2, 0.25) is 0 Å². The fourth-order valence-electron chi connectivity index (χ4n) is 13.9. The number of aliphatic hydroxyl groups is 1. The van der Waals surface area contributed by atoms with Gasteiger partial charge in [-0.25, -0.2) is 4.79 Å². The molecule has 0 aromatic heterocycles. The Balaban J connectivity index is -0.000000467. The standard InChI is InChI=1S/C34H66O3.C31H60O3.C29H56O.C2H6.CH4O/c1-33(2)34(35)37-32-30-28-26-24-22-20-18-16-14-12-10-8-6-4-5-7-9-11-13-15-17-19-21-23-25-27-29-31-36-3;1-30(32)31(2)34-29-27-25-23-21-19-17-15-13-11-9-7-5-4-6-8-10-12-14-16-18-20-22-24-26-28-33-3;1-4-5-6-7-8-9-10-11-12-13-14-15-16-17-18-19-20-21-22-23-24-25-26-27-29(30)28(2)3;2*1-2/h1,4-32H2,2-3H3;2,4-29H2,1,3H3;2,4-27H2,1,3H3;1-2H3;2H,1H3. The van der Waals surface area contributed by atoms with E-state index < -0.39 is 0 Å². The van der Waals surface area contributed by atoms with Gasteiger partial charge in [-0.05, 0) is 51.5 Å². The van der Waals surface area contributed by atoms with Crippen molar-refractivity contribution in [3.05, 3.63) is 36.6 Å². The van der Waals surface area contributed by atoms with Gasteiger partial charge in [-0.3, -0.25) is 9.59 Å². The van der Waals surface area contributed by atoms with Crippen LogP contribution in [0.4, 0.5) is 0 Å². The smallest absolute Gasteiger partial charge is 0.333 e. The zero-order valence-corrected chi connectivity index (χ0v) is 73.3. The van der Waals surface area contributed by atoms with Crippen molar-refractivity contribution in [1.29, 1.82) is 0 Å². The highest BCUT2D eigenvalue weighted by Crippen LogP contribution is 2.21. The number of unbranched alkanes of at least 4 members (excludes halogenated alkanes) is 71. The number of Topliss-reactive ketones (excluding diaryl/α,β-unsaturated/α-hetero) is 2. The maximum atomic E-state index is 11.5. The molecule has 628 valence electrons. The predicted molar refractivity (Wildman–Crippen MR) is 467 cm³/mol. The molecule has 0 bridgehead atoms. The third kappa shape index (κ3) is 110. The summed E-state index contributed by atoms with van der Waals surface area (Å²) >= 11 is 0. The molecule has 0 fully saturated rings. The van der Waals surface area contributed by atoms with Crippen LogP contribution >= 0.6 is 0 Å². The molecule has 8 heteroatoms. The largest absolute Gasteiger partial charge is 0.491 e. The molecule has 0 aliphatic rings. The number of rotatable bonds is 85. The summed E-state index contributed by atoms with van der Waals surface area (Å²) in [5.41, 5.74) is 1.21. The molecule has 0 atom stereocenters. The summed E-state index contributed by atoms with van der Waals surface area (Å²) in [6, 6.07) is 0. The second-order valence-electron chi connectivity index (χ2n) is 31.5. The summed E-state index contributed by atoms with van der Waals surface area (Å²) in [6.45, 7) is 25.3. The van der Waals surface area contributed by atoms with E-state index in [-0.39, 0.29) is 17.5 Å². The van der Waals surface area contributed by atoms with Crippen molar-refractivity contribution in [2.75, 3.05) is 47.8 Å². The lowest BCUT2D eigenvalue weighted by Gasteiger charge is -2.06. The number of hydrogen-bond acceptors (Lipinski definition) is 8. The summed E-state index contributed by atoms with van der Waals surface area (Å²) in [5, 5.41) is 7.00. The minimum atomic E-state index is -0.252. The minimum absolute atomic E-state index is 0.0626. The summed E-state index contributed by atoms with van der Waals surface area (Å²) in [4.78, 5) is 33.7. The quantitative estimate of drug-likeness (QED) is 0.0278. The molecule has 0 saturated carbocycles. The van der Waals surface area contributed by atoms with Gasteiger partial charge in [-0.2, -0.15) is 0 Å². The van der Waals surface area contributed by atoms with Crippen molar-refractivity contribution in [2.45, 2.75) is 523 Å². The van der Waals surface area contributed by atoms with Crippen molar-refractivity contribution in [3.63, 3.8) is 0 Å². The molecule has 0 aromatic rings. The fraction of sp³-hybridized carbons (Fsp3) is 0.907. The van der Waals surface area contributed by atoms with E-state index in [9.17, 15) is 14.4 Å². The van der Waals surface area contributed by atoms with Crippen LogP contribution in [0.15, 0.2) is 36.6 Å². The first-order valence-corrected chi connectivity index (χ1v) is 46.8. The number of hydrogen-bond donors (Lipinski definition) is 1. The van der Waals surface area contributed by atoms with Crippen LogP contribution in [0.5, 0.6) is 0 Å². The Labute approximate surface area is 659 Å². The topological polar surface area (TPSA) is 108 Å². The molecular formula is C97H192O8. The summed E-state index contributed by atoms with van der Waals surface area (Å²) in [5.74, 6) is 0.237. The van der Waals surface area contributed by atoms with Gasteiger partial charge in [0, 0.05) is 53.5 Å². The highest BCUT2D eigenvalue weighted by molar-refractivity contribution is 5.94. The van der Waals surface area contributed by atoms with Gasteiger partial charge in [-0.15, -0.1) is 0 Å².